The highest BCUT2D eigenvalue weighted by molar-refractivity contribution is 7.89. The Morgan fingerprint density at radius 2 is 1.63 bits per heavy atom. The number of rotatable bonds is 3. The van der Waals surface area contributed by atoms with Crippen molar-refractivity contribution in [3.05, 3.63) is 59.7 Å². The number of sulfonamides is 1. The summed E-state index contributed by atoms with van der Waals surface area (Å²) >= 11 is 0. The highest BCUT2D eigenvalue weighted by Crippen LogP contribution is 2.37. The molecule has 1 N–H and O–H groups in total. The van der Waals surface area contributed by atoms with Crippen LogP contribution in [0.15, 0.2) is 53.4 Å². The predicted octanol–water partition coefficient (Wildman–Crippen LogP) is 4.16. The summed E-state index contributed by atoms with van der Waals surface area (Å²) in [6.45, 7) is 1.91. The Bertz CT molecular complexity index is 948. The van der Waals surface area contributed by atoms with Gasteiger partial charge in [-0.05, 0) is 49.9 Å². The van der Waals surface area contributed by atoms with Crippen molar-refractivity contribution >= 4 is 21.6 Å². The second-order valence-corrected chi connectivity index (χ2v) is 9.27. The molecule has 5 nitrogen and oxygen atoms in total. The molecule has 1 atom stereocenters. The van der Waals surface area contributed by atoms with Crippen molar-refractivity contribution in [3.63, 3.8) is 0 Å². The zero-order chi connectivity index (χ0) is 19.0. The van der Waals surface area contributed by atoms with Gasteiger partial charge in [0.2, 0.25) is 0 Å². The number of hydrogen-bond donors (Lipinski definition) is 1. The van der Waals surface area contributed by atoms with E-state index in [0.29, 0.717) is 11.3 Å². The summed E-state index contributed by atoms with van der Waals surface area (Å²) in [5.74, 6) is -0.322. The van der Waals surface area contributed by atoms with Gasteiger partial charge < -0.3 is 5.32 Å². The van der Waals surface area contributed by atoms with Crippen molar-refractivity contribution in [1.29, 1.82) is 0 Å². The van der Waals surface area contributed by atoms with E-state index in [1.165, 1.54) is 6.42 Å². The van der Waals surface area contributed by atoms with E-state index in [2.05, 4.69) is 5.32 Å². The maximum atomic E-state index is 13.4. The minimum atomic E-state index is -3.95. The molecule has 0 bridgehead atoms. The first kappa shape index (κ1) is 18.0. The van der Waals surface area contributed by atoms with Gasteiger partial charge in [0.1, 0.15) is 6.17 Å². The van der Waals surface area contributed by atoms with E-state index in [1.807, 2.05) is 19.1 Å². The number of nitrogens with zero attached hydrogens (tertiary/aromatic N) is 1. The summed E-state index contributed by atoms with van der Waals surface area (Å²) in [4.78, 5) is 13.4. The number of aryl methyl sites for hydroxylation is 1. The van der Waals surface area contributed by atoms with Gasteiger partial charge in [0.25, 0.3) is 15.9 Å². The van der Waals surface area contributed by atoms with E-state index in [1.54, 1.807) is 36.4 Å². The van der Waals surface area contributed by atoms with Crippen molar-refractivity contribution in [3.8, 4) is 0 Å². The Hall–Kier alpha value is -2.34. The van der Waals surface area contributed by atoms with E-state index >= 15 is 0 Å². The zero-order valence-corrected chi connectivity index (χ0v) is 16.2. The van der Waals surface area contributed by atoms with Crippen molar-refractivity contribution < 1.29 is 13.2 Å². The third-order valence-corrected chi connectivity index (χ3v) is 7.37. The number of para-hydroxylation sites is 1. The van der Waals surface area contributed by atoms with Crippen LogP contribution >= 0.6 is 0 Å². The summed E-state index contributed by atoms with van der Waals surface area (Å²) in [6, 6.07) is 13.8. The molecular formula is C21H24N2O3S. The summed E-state index contributed by atoms with van der Waals surface area (Å²) < 4.78 is 28.0. The van der Waals surface area contributed by atoms with Crippen molar-refractivity contribution in [1.82, 2.24) is 4.31 Å². The van der Waals surface area contributed by atoms with E-state index in [9.17, 15) is 13.2 Å². The van der Waals surface area contributed by atoms with Crippen molar-refractivity contribution in [2.75, 3.05) is 5.32 Å². The molecule has 0 saturated heterocycles. The lowest BCUT2D eigenvalue weighted by molar-refractivity contribution is 0.0770. The monoisotopic (exact) mass is 384 g/mol. The number of hydrogen-bond acceptors (Lipinski definition) is 4. The summed E-state index contributed by atoms with van der Waals surface area (Å²) in [5.41, 5.74) is 2.10. The molecule has 1 saturated carbocycles. The summed E-state index contributed by atoms with van der Waals surface area (Å²) in [6.07, 6.45) is 4.60. The quantitative estimate of drug-likeness (QED) is 0.863. The smallest absolute Gasteiger partial charge is 0.271 e. The van der Waals surface area contributed by atoms with Crippen LogP contribution < -0.4 is 5.32 Å². The van der Waals surface area contributed by atoms with Gasteiger partial charge in [0.05, 0.1) is 10.5 Å². The zero-order valence-electron chi connectivity index (χ0n) is 15.4. The lowest BCUT2D eigenvalue weighted by Crippen LogP contribution is -2.55. The van der Waals surface area contributed by atoms with Crippen LogP contribution in [0.5, 0.6) is 0 Å². The first-order chi connectivity index (χ1) is 13.0. The maximum Gasteiger partial charge on any atom is 0.271 e. The number of fused-ring (bicyclic) bond motifs is 1. The van der Waals surface area contributed by atoms with Crippen LogP contribution in [-0.4, -0.2) is 24.8 Å². The van der Waals surface area contributed by atoms with Gasteiger partial charge in [-0.25, -0.2) is 12.7 Å². The second-order valence-electron chi connectivity index (χ2n) is 7.45. The number of amides is 1. The standard InChI is InChI=1S/C21H24N2O3S/c1-15-11-13-17(14-12-15)27(25,26)23-20(16-7-3-2-4-8-16)22-19-10-6-5-9-18(19)21(23)24/h5-6,9-14,16,20,22H,2-4,7-8H2,1H3. The van der Waals surface area contributed by atoms with E-state index in [4.69, 9.17) is 0 Å². The normalized spacial score (nSPS) is 20.9. The molecular weight excluding hydrogens is 360 g/mol. The van der Waals surface area contributed by atoms with Crippen LogP contribution in [0.1, 0.15) is 48.0 Å². The summed E-state index contributed by atoms with van der Waals surface area (Å²) in [5, 5.41) is 3.36. The Kier molecular flexibility index (Phi) is 4.68. The molecule has 1 amide bonds. The average molecular weight is 385 g/mol. The topological polar surface area (TPSA) is 66.5 Å². The molecule has 1 unspecified atom stereocenters. The fourth-order valence-electron chi connectivity index (χ4n) is 4.10. The molecule has 1 aliphatic carbocycles. The number of nitrogens with one attached hydrogen (secondary N) is 1. The first-order valence-electron chi connectivity index (χ1n) is 9.49. The van der Waals surface area contributed by atoms with Gasteiger partial charge in [0, 0.05) is 5.69 Å². The van der Waals surface area contributed by atoms with Crippen molar-refractivity contribution in [2.45, 2.75) is 50.1 Å². The lowest BCUT2D eigenvalue weighted by Gasteiger charge is -2.42. The Balaban J connectivity index is 1.80. The van der Waals surface area contributed by atoms with Gasteiger partial charge in [-0.2, -0.15) is 0 Å². The van der Waals surface area contributed by atoms with Crippen LogP contribution in [0.25, 0.3) is 0 Å². The number of benzene rings is 2. The largest absolute Gasteiger partial charge is 0.363 e. The maximum absolute atomic E-state index is 13.4. The fraction of sp³-hybridized carbons (Fsp3) is 0.381. The van der Waals surface area contributed by atoms with Gasteiger partial charge in [0.15, 0.2) is 0 Å². The first-order valence-corrected chi connectivity index (χ1v) is 10.9. The molecule has 142 valence electrons. The highest BCUT2D eigenvalue weighted by Gasteiger charge is 2.44. The van der Waals surface area contributed by atoms with E-state index in [-0.39, 0.29) is 10.8 Å². The SMILES string of the molecule is Cc1ccc(S(=O)(=O)N2C(=O)c3ccccc3NC2C2CCCCC2)cc1. The molecule has 0 radical (unpaired) electrons. The predicted molar refractivity (Wildman–Crippen MR) is 105 cm³/mol. The third-order valence-electron chi connectivity index (χ3n) is 5.59. The van der Waals surface area contributed by atoms with Gasteiger partial charge in [-0.3, -0.25) is 4.79 Å². The molecule has 27 heavy (non-hydrogen) atoms. The molecule has 0 aromatic heterocycles. The molecule has 4 rings (SSSR count). The molecule has 2 aromatic rings. The molecule has 0 spiro atoms. The van der Waals surface area contributed by atoms with Gasteiger partial charge in [-0.1, -0.05) is 49.1 Å². The molecule has 1 fully saturated rings. The van der Waals surface area contributed by atoms with Gasteiger partial charge in [-0.15, -0.1) is 0 Å². The van der Waals surface area contributed by atoms with Gasteiger partial charge >= 0.3 is 0 Å². The van der Waals surface area contributed by atoms with Crippen LogP contribution in [0.2, 0.25) is 0 Å². The Labute approximate surface area is 160 Å². The van der Waals surface area contributed by atoms with Crippen LogP contribution in [0, 0.1) is 12.8 Å². The molecule has 6 heteroatoms. The minimum Gasteiger partial charge on any atom is -0.363 e. The molecule has 2 aromatic carbocycles. The number of carbonyl (C=O) groups is 1. The lowest BCUT2D eigenvalue weighted by atomic mass is 9.86. The molecule has 1 aliphatic heterocycles. The average Bonchev–Trinajstić information content (AvgIpc) is 2.68. The third kappa shape index (κ3) is 3.23. The summed E-state index contributed by atoms with van der Waals surface area (Å²) in [7, 11) is -3.95. The van der Waals surface area contributed by atoms with E-state index < -0.39 is 22.1 Å². The molecule has 1 heterocycles. The van der Waals surface area contributed by atoms with Crippen LogP contribution in [0.3, 0.4) is 0 Å². The second kappa shape index (κ2) is 7.00. The minimum absolute atomic E-state index is 0.122. The van der Waals surface area contributed by atoms with Crippen LogP contribution in [0.4, 0.5) is 5.69 Å². The molecule has 2 aliphatic rings. The Morgan fingerprint density at radius 1 is 0.963 bits per heavy atom. The fourth-order valence-corrected chi connectivity index (χ4v) is 5.65. The number of carbonyl (C=O) groups excluding carboxylic acids is 1. The highest BCUT2D eigenvalue weighted by atomic mass is 32.2. The van der Waals surface area contributed by atoms with E-state index in [0.717, 1.165) is 35.6 Å². The van der Waals surface area contributed by atoms with Crippen LogP contribution in [-0.2, 0) is 10.0 Å². The van der Waals surface area contributed by atoms with Crippen molar-refractivity contribution in [2.24, 2.45) is 5.92 Å². The Morgan fingerprint density at radius 3 is 2.33 bits per heavy atom. The number of anilines is 1.